The number of rotatable bonds is 4. The smallest absolute Gasteiger partial charge is 0.305 e. The lowest BCUT2D eigenvalue weighted by Gasteiger charge is -2.14. The van der Waals surface area contributed by atoms with E-state index in [1.54, 1.807) is 0 Å². The van der Waals surface area contributed by atoms with Gasteiger partial charge in [-0.2, -0.15) is 0 Å². The van der Waals surface area contributed by atoms with Crippen LogP contribution < -0.4 is 0 Å². The van der Waals surface area contributed by atoms with Gasteiger partial charge in [0.15, 0.2) is 0 Å². The number of allylic oxidation sites excluding steroid dienone is 3. The number of aromatic nitrogens is 2. The van der Waals surface area contributed by atoms with Gasteiger partial charge < -0.3 is 4.74 Å². The molecule has 154 valence electrons. The number of methoxy groups -OCH3 is 1. The lowest BCUT2D eigenvalue weighted by molar-refractivity contribution is -0.140. The van der Waals surface area contributed by atoms with Gasteiger partial charge in [-0.25, -0.2) is 4.98 Å². The van der Waals surface area contributed by atoms with Crippen molar-refractivity contribution in [3.63, 3.8) is 0 Å². The largest absolute Gasteiger partial charge is 0.469 e. The van der Waals surface area contributed by atoms with E-state index in [0.717, 1.165) is 51.5 Å². The number of carbonyl (C=O) groups excluding carboxylic acids is 1. The molecule has 4 rings (SSSR count). The molecule has 0 spiro atoms. The van der Waals surface area contributed by atoms with Crippen LogP contribution in [0.2, 0.25) is 0 Å². The second-order valence-electron chi connectivity index (χ2n) is 7.24. The molecule has 1 aromatic carbocycles. The maximum Gasteiger partial charge on any atom is 0.305 e. The molecule has 1 aromatic heterocycles. The van der Waals surface area contributed by atoms with Crippen molar-refractivity contribution in [2.24, 2.45) is 9.98 Å². The first-order valence-electron chi connectivity index (χ1n) is 9.97. The number of benzene rings is 1. The Kier molecular flexibility index (Phi) is 6.08. The Hall–Kier alpha value is -2.80. The quantitative estimate of drug-likeness (QED) is 0.592. The molecule has 0 saturated heterocycles. The van der Waals surface area contributed by atoms with Crippen molar-refractivity contribution in [2.45, 2.75) is 38.6 Å². The summed E-state index contributed by atoms with van der Waals surface area (Å²) in [6, 6.07) is 5.87. The molecule has 2 aromatic rings. The number of hydrogen-bond donors (Lipinski definition) is 0. The highest BCUT2D eigenvalue weighted by Crippen LogP contribution is 2.34. The van der Waals surface area contributed by atoms with Crippen molar-refractivity contribution in [3.05, 3.63) is 70.4 Å². The van der Waals surface area contributed by atoms with Gasteiger partial charge in [-0.05, 0) is 50.5 Å². The van der Waals surface area contributed by atoms with E-state index >= 15 is 0 Å². The Morgan fingerprint density at radius 3 is 2.97 bits per heavy atom. The van der Waals surface area contributed by atoms with Gasteiger partial charge in [0.05, 0.1) is 24.2 Å². The minimum Gasteiger partial charge on any atom is -0.469 e. The molecule has 0 aliphatic carbocycles. The second kappa shape index (κ2) is 8.92. The molecule has 3 heterocycles. The fraction of sp³-hybridized carbons (Fsp3) is 0.304. The third-order valence-corrected chi connectivity index (χ3v) is 5.68. The van der Waals surface area contributed by atoms with Crippen molar-refractivity contribution in [1.82, 2.24) is 9.55 Å². The fourth-order valence-electron chi connectivity index (χ4n) is 3.71. The summed E-state index contributed by atoms with van der Waals surface area (Å²) in [6.45, 7) is 2.03. The van der Waals surface area contributed by atoms with Gasteiger partial charge in [0.1, 0.15) is 11.9 Å². The van der Waals surface area contributed by atoms with Crippen LogP contribution in [0, 0.1) is 6.92 Å². The first-order valence-corrected chi connectivity index (χ1v) is 10.8. The molecule has 7 heteroatoms. The van der Waals surface area contributed by atoms with Crippen LogP contribution in [0.1, 0.15) is 48.8 Å². The van der Waals surface area contributed by atoms with Crippen LogP contribution in [0.5, 0.6) is 0 Å². The van der Waals surface area contributed by atoms with E-state index in [-0.39, 0.29) is 18.4 Å². The molecule has 2 aliphatic heterocycles. The highest BCUT2D eigenvalue weighted by molar-refractivity contribution is 9.10. The highest BCUT2D eigenvalue weighted by Gasteiger charge is 2.28. The van der Waals surface area contributed by atoms with E-state index in [1.807, 2.05) is 31.5 Å². The maximum absolute atomic E-state index is 11.8. The van der Waals surface area contributed by atoms with E-state index in [9.17, 15) is 4.79 Å². The van der Waals surface area contributed by atoms with Crippen LogP contribution in [0.25, 0.3) is 5.69 Å². The number of ether oxygens (including phenoxy) is 1. The summed E-state index contributed by atoms with van der Waals surface area (Å²) < 4.78 is 7.95. The number of fused-ring (bicyclic) bond motifs is 3. The Bertz CT molecular complexity index is 1090. The molecular weight excluding hydrogens is 444 g/mol. The van der Waals surface area contributed by atoms with Gasteiger partial charge >= 0.3 is 5.97 Å². The lowest BCUT2D eigenvalue weighted by atomic mass is 10.0. The summed E-state index contributed by atoms with van der Waals surface area (Å²) in [5.74, 6) is 0.568. The summed E-state index contributed by atoms with van der Waals surface area (Å²) in [7, 11) is 1.41. The Morgan fingerprint density at radius 2 is 2.13 bits per heavy atom. The SMILES string of the molecule is COC(=O)CC[C@@H]1N=C(C2=NC=CCCC=C2)c2cc(Br)ccc2-n2c(C)cnc21. The lowest BCUT2D eigenvalue weighted by Crippen LogP contribution is -2.16. The molecule has 0 radical (unpaired) electrons. The van der Waals surface area contributed by atoms with E-state index in [1.165, 1.54) is 7.11 Å². The molecule has 30 heavy (non-hydrogen) atoms. The number of hydrogen-bond acceptors (Lipinski definition) is 5. The van der Waals surface area contributed by atoms with Crippen molar-refractivity contribution >= 4 is 33.3 Å². The predicted octanol–water partition coefficient (Wildman–Crippen LogP) is 5.04. The average Bonchev–Trinajstić information content (AvgIpc) is 3.03. The standard InChI is InChI=1S/C23H23BrN4O2/c1-15-14-26-23-19(9-11-21(29)30-2)27-22(18-7-5-3-4-6-12-25-18)17-13-16(24)8-10-20(17)28(15)23/h5-8,10,12-14,19H,3-4,9,11H2,1-2H3/t19-/m0/s1. The van der Waals surface area contributed by atoms with Crippen molar-refractivity contribution < 1.29 is 9.53 Å². The topological polar surface area (TPSA) is 68.8 Å². The number of nitrogens with zero attached hydrogens (tertiary/aromatic N) is 4. The zero-order valence-corrected chi connectivity index (χ0v) is 18.6. The number of esters is 1. The molecule has 0 N–H and O–H groups in total. The predicted molar refractivity (Wildman–Crippen MR) is 121 cm³/mol. The summed E-state index contributed by atoms with van der Waals surface area (Å²) in [5, 5.41) is 0. The van der Waals surface area contributed by atoms with Gasteiger partial charge in [0, 0.05) is 34.5 Å². The Balaban J connectivity index is 1.91. The molecule has 0 amide bonds. The summed E-state index contributed by atoms with van der Waals surface area (Å²) >= 11 is 3.61. The summed E-state index contributed by atoms with van der Waals surface area (Å²) in [6.07, 6.45) is 12.6. The molecule has 0 saturated carbocycles. The van der Waals surface area contributed by atoms with Gasteiger partial charge in [-0.15, -0.1) is 0 Å². The Labute approximate surface area is 184 Å². The van der Waals surface area contributed by atoms with E-state index in [4.69, 9.17) is 9.73 Å². The van der Waals surface area contributed by atoms with Crippen LogP contribution in [-0.4, -0.2) is 34.1 Å². The van der Waals surface area contributed by atoms with Crippen LogP contribution in [0.3, 0.4) is 0 Å². The Morgan fingerprint density at radius 1 is 1.30 bits per heavy atom. The second-order valence-corrected chi connectivity index (χ2v) is 8.16. The van der Waals surface area contributed by atoms with Crippen molar-refractivity contribution in [2.75, 3.05) is 7.11 Å². The minimum atomic E-state index is -0.288. The number of carbonyl (C=O) groups is 1. The molecule has 6 nitrogen and oxygen atoms in total. The molecular formula is C23H23BrN4O2. The van der Waals surface area contributed by atoms with E-state index in [0.29, 0.717) is 6.42 Å². The number of halogens is 1. The van der Waals surface area contributed by atoms with Crippen molar-refractivity contribution in [3.8, 4) is 5.69 Å². The molecule has 0 fully saturated rings. The normalized spacial score (nSPS) is 17.8. The zero-order chi connectivity index (χ0) is 21.1. The number of aryl methyl sites for hydroxylation is 1. The molecule has 1 atom stereocenters. The van der Waals surface area contributed by atoms with E-state index in [2.05, 4.69) is 54.8 Å². The van der Waals surface area contributed by atoms with Gasteiger partial charge in [0.25, 0.3) is 0 Å². The first-order chi connectivity index (χ1) is 14.6. The van der Waals surface area contributed by atoms with Crippen LogP contribution in [0.15, 0.2) is 63.3 Å². The summed E-state index contributed by atoms with van der Waals surface area (Å²) in [5.41, 5.74) is 4.60. The maximum atomic E-state index is 11.8. The van der Waals surface area contributed by atoms with Crippen LogP contribution in [-0.2, 0) is 9.53 Å². The summed E-state index contributed by atoms with van der Waals surface area (Å²) in [4.78, 5) is 26.3. The monoisotopic (exact) mass is 466 g/mol. The van der Waals surface area contributed by atoms with Crippen molar-refractivity contribution in [1.29, 1.82) is 0 Å². The van der Waals surface area contributed by atoms with Gasteiger partial charge in [0.2, 0.25) is 0 Å². The average molecular weight is 467 g/mol. The molecule has 0 bridgehead atoms. The molecule has 0 unspecified atom stereocenters. The van der Waals surface area contributed by atoms with Crippen LogP contribution in [0.4, 0.5) is 0 Å². The van der Waals surface area contributed by atoms with Gasteiger partial charge in [-0.1, -0.05) is 28.1 Å². The van der Waals surface area contributed by atoms with E-state index < -0.39 is 0 Å². The van der Waals surface area contributed by atoms with Crippen LogP contribution >= 0.6 is 15.9 Å². The first kappa shape index (κ1) is 20.5. The van der Waals surface area contributed by atoms with Gasteiger partial charge in [-0.3, -0.25) is 19.3 Å². The fourth-order valence-corrected chi connectivity index (χ4v) is 4.07. The molecule has 2 aliphatic rings. The third-order valence-electron chi connectivity index (χ3n) is 5.19. The number of aliphatic imine (C=N–C) groups is 2. The zero-order valence-electron chi connectivity index (χ0n) is 17.0. The third kappa shape index (κ3) is 4.07. The number of imidazole rings is 1. The minimum absolute atomic E-state index is 0.253. The highest BCUT2D eigenvalue weighted by atomic mass is 79.9.